The maximum Gasteiger partial charge on any atom is 0.302 e. The van der Waals surface area contributed by atoms with Crippen LogP contribution in [0, 0.1) is 0 Å². The van der Waals surface area contributed by atoms with Crippen LogP contribution in [0.4, 0.5) is 0 Å². The summed E-state index contributed by atoms with van der Waals surface area (Å²) >= 11 is 0. The van der Waals surface area contributed by atoms with E-state index < -0.39 is 6.29 Å². The number of hydrogen-bond acceptors (Lipinski definition) is 4. The summed E-state index contributed by atoms with van der Waals surface area (Å²) in [7, 11) is 0. The lowest BCUT2D eigenvalue weighted by atomic mass is 10.3. The van der Waals surface area contributed by atoms with Gasteiger partial charge in [-0.25, -0.2) is 0 Å². The van der Waals surface area contributed by atoms with Crippen LogP contribution in [0.5, 0.6) is 0 Å². The molecule has 0 aliphatic heterocycles. The molecule has 0 aromatic heterocycles. The monoisotopic (exact) mass is 160 g/mol. The van der Waals surface area contributed by atoms with Crippen molar-refractivity contribution in [1.82, 2.24) is 0 Å². The van der Waals surface area contributed by atoms with Gasteiger partial charge in [0.05, 0.1) is 0 Å². The lowest BCUT2D eigenvalue weighted by molar-refractivity contribution is -0.139. The molecule has 0 amide bonds. The summed E-state index contributed by atoms with van der Waals surface area (Å²) in [5.74, 6) is -0.388. The van der Waals surface area contributed by atoms with Crippen molar-refractivity contribution >= 4 is 5.97 Å². The molecular weight excluding hydrogens is 148 g/mol. The lowest BCUT2D eigenvalue weighted by Crippen LogP contribution is -2.07. The third-order valence-corrected chi connectivity index (χ3v) is 1.10. The molecule has 0 fully saturated rings. The Morgan fingerprint density at radius 2 is 2.09 bits per heavy atom. The van der Waals surface area contributed by atoms with Crippen LogP contribution in [-0.4, -0.2) is 29.1 Å². The third-order valence-electron chi connectivity index (χ3n) is 1.10. The van der Waals surface area contributed by atoms with Gasteiger partial charge in [0.2, 0.25) is 0 Å². The molecule has 0 aliphatic rings. The highest BCUT2D eigenvalue weighted by molar-refractivity contribution is 5.66. The van der Waals surface area contributed by atoms with Crippen LogP contribution in [0.3, 0.4) is 0 Å². The summed E-state index contributed by atoms with van der Waals surface area (Å²) < 4.78 is 4.53. The number of esters is 1. The molecule has 0 heterocycles. The minimum Gasteiger partial charge on any atom is -0.462 e. The fourth-order valence-corrected chi connectivity index (χ4v) is 0.396. The maximum atomic E-state index is 10.2. The van der Waals surface area contributed by atoms with Crippen molar-refractivity contribution in [3.05, 3.63) is 11.6 Å². The van der Waals surface area contributed by atoms with E-state index in [0.29, 0.717) is 5.57 Å². The smallest absolute Gasteiger partial charge is 0.302 e. The van der Waals surface area contributed by atoms with E-state index in [2.05, 4.69) is 4.74 Å². The molecule has 0 atom stereocenters. The van der Waals surface area contributed by atoms with Crippen LogP contribution >= 0.6 is 0 Å². The largest absolute Gasteiger partial charge is 0.462 e. The number of hydrogen-bond donors (Lipinski definition) is 2. The number of carbonyl (C=O) groups is 1. The number of carbonyl (C=O) groups excluding carboxylic acids is 1. The summed E-state index contributed by atoms with van der Waals surface area (Å²) in [4.78, 5) is 10.2. The van der Waals surface area contributed by atoms with Crippen LogP contribution in [0.2, 0.25) is 0 Å². The Hall–Kier alpha value is -0.870. The molecule has 0 saturated carbocycles. The fourth-order valence-electron chi connectivity index (χ4n) is 0.396. The fraction of sp³-hybridized carbons (Fsp3) is 0.571. The minimum absolute atomic E-state index is 0.0821. The predicted molar refractivity (Wildman–Crippen MR) is 38.6 cm³/mol. The van der Waals surface area contributed by atoms with E-state index in [4.69, 9.17) is 10.2 Å². The second-order valence-electron chi connectivity index (χ2n) is 2.12. The molecule has 0 aromatic rings. The first-order valence-corrected chi connectivity index (χ1v) is 3.20. The normalized spacial score (nSPS) is 11.9. The van der Waals surface area contributed by atoms with Crippen LogP contribution in [0.1, 0.15) is 13.8 Å². The number of rotatable bonds is 3. The van der Waals surface area contributed by atoms with Crippen molar-refractivity contribution in [2.75, 3.05) is 6.61 Å². The molecule has 4 nitrogen and oxygen atoms in total. The summed E-state index contributed by atoms with van der Waals surface area (Å²) in [5.41, 5.74) is 0.367. The van der Waals surface area contributed by atoms with Gasteiger partial charge in [-0.1, -0.05) is 0 Å². The van der Waals surface area contributed by atoms with Crippen molar-refractivity contribution in [3.8, 4) is 0 Å². The second-order valence-corrected chi connectivity index (χ2v) is 2.12. The molecule has 0 spiro atoms. The molecule has 0 aliphatic carbocycles. The van der Waals surface area contributed by atoms with E-state index in [9.17, 15) is 4.79 Å². The SMILES string of the molecule is CC(=O)OCC=C(C)C(O)O. The van der Waals surface area contributed by atoms with Gasteiger partial charge < -0.3 is 14.9 Å². The van der Waals surface area contributed by atoms with Crippen molar-refractivity contribution in [2.24, 2.45) is 0 Å². The average molecular weight is 160 g/mol. The van der Waals surface area contributed by atoms with E-state index in [1.807, 2.05) is 0 Å². The van der Waals surface area contributed by atoms with Gasteiger partial charge in [0.1, 0.15) is 6.61 Å². The Bertz CT molecular complexity index is 160. The molecular formula is C7H12O4. The van der Waals surface area contributed by atoms with Gasteiger partial charge in [-0.15, -0.1) is 0 Å². The first-order valence-electron chi connectivity index (χ1n) is 3.20. The van der Waals surface area contributed by atoms with E-state index in [0.717, 1.165) is 0 Å². The Morgan fingerprint density at radius 3 is 2.45 bits per heavy atom. The van der Waals surface area contributed by atoms with Gasteiger partial charge >= 0.3 is 5.97 Å². The van der Waals surface area contributed by atoms with Crippen molar-refractivity contribution < 1.29 is 19.7 Å². The zero-order chi connectivity index (χ0) is 8.85. The van der Waals surface area contributed by atoms with Crippen molar-refractivity contribution in [3.63, 3.8) is 0 Å². The number of ether oxygens (including phenoxy) is 1. The predicted octanol–water partition coefficient (Wildman–Crippen LogP) is -0.194. The van der Waals surface area contributed by atoms with E-state index in [1.54, 1.807) is 0 Å². The van der Waals surface area contributed by atoms with Crippen LogP contribution < -0.4 is 0 Å². The molecule has 0 bridgehead atoms. The maximum absolute atomic E-state index is 10.2. The number of aliphatic hydroxyl groups is 2. The molecule has 4 heteroatoms. The van der Waals surface area contributed by atoms with Crippen molar-refractivity contribution in [2.45, 2.75) is 20.1 Å². The molecule has 0 radical (unpaired) electrons. The molecule has 0 unspecified atom stereocenters. The summed E-state index contributed by atoms with van der Waals surface area (Å²) in [6.07, 6.45) is -0.0305. The molecule has 0 saturated heterocycles. The first-order chi connectivity index (χ1) is 5.04. The van der Waals surface area contributed by atoms with Gasteiger partial charge in [-0.3, -0.25) is 4.79 Å². The quantitative estimate of drug-likeness (QED) is 0.341. The standard InChI is InChI=1S/C7H12O4/c1-5(7(9)10)3-4-11-6(2)8/h3,7,9-10H,4H2,1-2H3. The number of aliphatic hydroxyl groups excluding tert-OH is 1. The van der Waals surface area contributed by atoms with Crippen LogP contribution in [0.25, 0.3) is 0 Å². The van der Waals surface area contributed by atoms with E-state index in [1.165, 1.54) is 19.9 Å². The van der Waals surface area contributed by atoms with Crippen LogP contribution in [-0.2, 0) is 9.53 Å². The second kappa shape index (κ2) is 4.87. The molecule has 11 heavy (non-hydrogen) atoms. The summed E-state index contributed by atoms with van der Waals surface area (Å²) in [6.45, 7) is 2.91. The average Bonchev–Trinajstić information content (AvgIpc) is 1.86. The molecule has 0 aromatic carbocycles. The van der Waals surface area contributed by atoms with Gasteiger partial charge in [0.15, 0.2) is 6.29 Å². The van der Waals surface area contributed by atoms with E-state index in [-0.39, 0.29) is 12.6 Å². The zero-order valence-electron chi connectivity index (χ0n) is 6.57. The van der Waals surface area contributed by atoms with Gasteiger partial charge in [0.25, 0.3) is 0 Å². The van der Waals surface area contributed by atoms with E-state index >= 15 is 0 Å². The Kier molecular flexibility index (Phi) is 4.49. The highest BCUT2D eigenvalue weighted by atomic mass is 16.5. The molecule has 2 N–H and O–H groups in total. The van der Waals surface area contributed by atoms with Gasteiger partial charge in [-0.2, -0.15) is 0 Å². The topological polar surface area (TPSA) is 66.8 Å². The highest BCUT2D eigenvalue weighted by Gasteiger charge is 1.98. The Balaban J connectivity index is 3.65. The van der Waals surface area contributed by atoms with Gasteiger partial charge in [-0.05, 0) is 18.6 Å². The summed E-state index contributed by atoms with van der Waals surface area (Å²) in [6, 6.07) is 0. The molecule has 64 valence electrons. The van der Waals surface area contributed by atoms with Gasteiger partial charge in [0, 0.05) is 6.92 Å². The third kappa shape index (κ3) is 5.57. The Labute approximate surface area is 65.1 Å². The Morgan fingerprint density at radius 1 is 1.55 bits per heavy atom. The summed E-state index contributed by atoms with van der Waals surface area (Å²) in [5, 5.41) is 17.1. The van der Waals surface area contributed by atoms with Crippen molar-refractivity contribution in [1.29, 1.82) is 0 Å². The molecule has 0 rings (SSSR count). The minimum atomic E-state index is -1.47. The first kappa shape index (κ1) is 10.1. The van der Waals surface area contributed by atoms with Crippen LogP contribution in [0.15, 0.2) is 11.6 Å². The lowest BCUT2D eigenvalue weighted by Gasteiger charge is -2.02. The zero-order valence-corrected chi connectivity index (χ0v) is 6.57. The highest BCUT2D eigenvalue weighted by Crippen LogP contribution is 1.96.